The summed E-state index contributed by atoms with van der Waals surface area (Å²) in [6.07, 6.45) is 0. The Morgan fingerprint density at radius 2 is 1.08 bits per heavy atom. The standard InChI is InChI=1S/2C2H8NP.FH2O3P/c2*1-3(2)4;1-5(2,3)4/h2*4H2,1-2H3;(H2,2,3,4). The van der Waals surface area contributed by atoms with Gasteiger partial charge in [-0.15, -0.1) is 4.20 Å². The summed E-state index contributed by atoms with van der Waals surface area (Å²) in [5, 5.41) is 0. The van der Waals surface area contributed by atoms with Crippen molar-refractivity contribution >= 4 is 26.7 Å². The van der Waals surface area contributed by atoms with Gasteiger partial charge in [0.05, 0.1) is 0 Å². The Kier molecular flexibility index (Phi) is 16.4. The second kappa shape index (κ2) is 10.9. The minimum Gasteiger partial charge on any atom is -0.299 e. The van der Waals surface area contributed by atoms with Crippen molar-refractivity contribution < 1.29 is 18.5 Å². The molecule has 2 N–H and O–H groups in total. The largest absolute Gasteiger partial charge is 0.507 e. The maximum atomic E-state index is 10.4. The van der Waals surface area contributed by atoms with Gasteiger partial charge in [0.1, 0.15) is 0 Å². The van der Waals surface area contributed by atoms with E-state index < -0.39 is 7.91 Å². The first-order chi connectivity index (χ1) is 5.46. The highest BCUT2D eigenvalue weighted by molar-refractivity contribution is 7.45. The van der Waals surface area contributed by atoms with Gasteiger partial charge >= 0.3 is 7.91 Å². The molecule has 0 rings (SSSR count). The number of hydrogen-bond donors (Lipinski definition) is 2. The second-order valence-corrected chi connectivity index (χ2v) is 5.41. The lowest BCUT2D eigenvalue weighted by Gasteiger charge is -1.90. The van der Waals surface area contributed by atoms with E-state index in [1.807, 2.05) is 37.5 Å². The third kappa shape index (κ3) is 2050. The van der Waals surface area contributed by atoms with Crippen LogP contribution < -0.4 is 0 Å². The summed E-state index contributed by atoms with van der Waals surface area (Å²) in [6, 6.07) is 0. The van der Waals surface area contributed by atoms with Gasteiger partial charge in [-0.2, -0.15) is 0 Å². The lowest BCUT2D eigenvalue weighted by atomic mass is 11.3. The molecule has 0 saturated carbocycles. The van der Waals surface area contributed by atoms with Crippen molar-refractivity contribution in [3.63, 3.8) is 0 Å². The van der Waals surface area contributed by atoms with E-state index in [0.717, 1.165) is 0 Å². The molecule has 0 aliphatic heterocycles. The minimum atomic E-state index is -5.14. The Labute approximate surface area is 83.5 Å². The van der Waals surface area contributed by atoms with Gasteiger partial charge in [0.2, 0.25) is 0 Å². The summed E-state index contributed by atoms with van der Waals surface area (Å²) in [4.78, 5) is 13.9. The molecule has 0 spiro atoms. The quantitative estimate of drug-likeness (QED) is 0.624. The second-order valence-electron chi connectivity index (χ2n) is 2.40. The third-order valence-electron chi connectivity index (χ3n) is 0. The van der Waals surface area contributed by atoms with Crippen LogP contribution in [0.25, 0.3) is 0 Å². The maximum absolute atomic E-state index is 10.4. The van der Waals surface area contributed by atoms with Crippen molar-refractivity contribution in [3.8, 4) is 0 Å². The summed E-state index contributed by atoms with van der Waals surface area (Å²) in [5.41, 5.74) is 0. The first-order valence-electron chi connectivity index (χ1n) is 3.06. The molecule has 0 fully saturated rings. The molecule has 0 heterocycles. The highest BCUT2D eigenvalue weighted by Crippen LogP contribution is 2.34. The monoisotopic (exact) mass is 254 g/mol. The predicted octanol–water partition coefficient (Wildman–Crippen LogP) is 0.725. The number of rotatable bonds is 0. The van der Waals surface area contributed by atoms with Gasteiger partial charge in [-0.25, -0.2) is 4.57 Å². The molecule has 0 aliphatic rings. The molecule has 0 radical (unpaired) electrons. The van der Waals surface area contributed by atoms with Crippen LogP contribution in [0.4, 0.5) is 4.20 Å². The summed E-state index contributed by atoms with van der Waals surface area (Å²) >= 11 is 0. The van der Waals surface area contributed by atoms with Crippen LogP contribution in [0.3, 0.4) is 0 Å². The number of hydrogen-bond acceptors (Lipinski definition) is 3. The van der Waals surface area contributed by atoms with E-state index in [-0.39, 0.29) is 0 Å². The van der Waals surface area contributed by atoms with Gasteiger partial charge in [0.15, 0.2) is 0 Å². The zero-order valence-corrected chi connectivity index (χ0v) is 11.4. The normalized spacial score (nSPS) is 10.1. The molecule has 0 amide bonds. The highest BCUT2D eigenvalue weighted by atomic mass is 31.2. The maximum Gasteiger partial charge on any atom is 0.507 e. The van der Waals surface area contributed by atoms with E-state index in [0.29, 0.717) is 0 Å². The van der Waals surface area contributed by atoms with E-state index in [2.05, 4.69) is 18.8 Å². The van der Waals surface area contributed by atoms with Gasteiger partial charge < -0.3 is 0 Å². The van der Waals surface area contributed by atoms with Crippen LogP contribution in [-0.2, 0) is 4.57 Å². The van der Waals surface area contributed by atoms with Crippen molar-refractivity contribution in [2.45, 2.75) is 0 Å². The average Bonchev–Trinajstić information content (AvgIpc) is 1.50. The van der Waals surface area contributed by atoms with Crippen LogP contribution in [0.1, 0.15) is 0 Å². The molecular weight excluding hydrogens is 236 g/mol. The molecule has 0 aromatic carbocycles. The van der Waals surface area contributed by atoms with Crippen molar-refractivity contribution in [3.05, 3.63) is 0 Å². The predicted molar refractivity (Wildman–Crippen MR) is 59.9 cm³/mol. The summed E-state index contributed by atoms with van der Waals surface area (Å²) < 4.78 is 22.8. The van der Waals surface area contributed by atoms with Gasteiger partial charge in [-0.3, -0.25) is 19.1 Å². The van der Waals surface area contributed by atoms with Crippen LogP contribution in [0.15, 0.2) is 0 Å². The van der Waals surface area contributed by atoms with Crippen LogP contribution >= 0.6 is 26.7 Å². The first kappa shape index (κ1) is 19.4. The smallest absolute Gasteiger partial charge is 0.299 e. The Hall–Kier alpha value is 0.860. The fourth-order valence-corrected chi connectivity index (χ4v) is 0. The topological polar surface area (TPSA) is 64.0 Å². The molecule has 5 nitrogen and oxygen atoms in total. The zero-order valence-electron chi connectivity index (χ0n) is 8.18. The van der Waals surface area contributed by atoms with Gasteiger partial charge in [0, 0.05) is 0 Å². The third-order valence-corrected chi connectivity index (χ3v) is 0. The van der Waals surface area contributed by atoms with E-state index >= 15 is 0 Å². The van der Waals surface area contributed by atoms with Gasteiger partial charge in [-0.1, -0.05) is 18.8 Å². The summed E-state index contributed by atoms with van der Waals surface area (Å²) in [7, 11) is 7.69. The van der Waals surface area contributed by atoms with E-state index in [4.69, 9.17) is 14.4 Å². The zero-order chi connectivity index (χ0) is 11.7. The average molecular weight is 254 g/mol. The Balaban J connectivity index is -0.000000117. The van der Waals surface area contributed by atoms with Gasteiger partial charge in [0.25, 0.3) is 0 Å². The molecule has 0 saturated heterocycles. The molecule has 13 heavy (non-hydrogen) atoms. The van der Waals surface area contributed by atoms with Crippen LogP contribution in [0, 0.1) is 0 Å². The Bertz CT molecular complexity index is 121. The van der Waals surface area contributed by atoms with Crippen molar-refractivity contribution in [1.29, 1.82) is 0 Å². The Morgan fingerprint density at radius 3 is 1.08 bits per heavy atom. The van der Waals surface area contributed by atoms with E-state index in [1.165, 1.54) is 0 Å². The molecule has 2 unspecified atom stereocenters. The molecule has 0 aromatic heterocycles. The first-order valence-corrected chi connectivity index (χ1v) is 5.59. The van der Waals surface area contributed by atoms with Crippen LogP contribution in [0.5, 0.6) is 0 Å². The molecule has 84 valence electrons. The lowest BCUT2D eigenvalue weighted by molar-refractivity contribution is 0.322. The van der Waals surface area contributed by atoms with Gasteiger partial charge in [-0.05, 0) is 28.2 Å². The minimum absolute atomic E-state index is 1.92. The summed E-state index contributed by atoms with van der Waals surface area (Å²) in [5.74, 6) is 0. The SMILES string of the molecule is CN(C)P.CN(C)P.O=P(O)(O)F. The molecule has 9 heteroatoms. The van der Waals surface area contributed by atoms with Crippen molar-refractivity contribution in [2.75, 3.05) is 28.2 Å². The highest BCUT2D eigenvalue weighted by Gasteiger charge is 2.04. The molecular formula is C4H18FN2O3P3. The fourth-order valence-electron chi connectivity index (χ4n) is 0. The van der Waals surface area contributed by atoms with Crippen LogP contribution in [0.2, 0.25) is 0 Å². The molecule has 0 bridgehead atoms. The Morgan fingerprint density at radius 1 is 1.08 bits per heavy atom. The van der Waals surface area contributed by atoms with E-state index in [9.17, 15) is 4.20 Å². The number of halogens is 1. The fraction of sp³-hybridized carbons (Fsp3) is 1.00. The lowest BCUT2D eigenvalue weighted by Crippen LogP contribution is -1.88. The molecule has 0 aromatic rings. The number of nitrogens with zero attached hydrogens (tertiary/aromatic N) is 2. The van der Waals surface area contributed by atoms with E-state index in [1.54, 1.807) is 0 Å². The molecule has 0 aliphatic carbocycles. The summed E-state index contributed by atoms with van der Waals surface area (Å²) in [6.45, 7) is 0. The van der Waals surface area contributed by atoms with Crippen LogP contribution in [-0.4, -0.2) is 47.3 Å². The van der Waals surface area contributed by atoms with Crippen molar-refractivity contribution in [1.82, 2.24) is 9.34 Å². The molecule has 2 atom stereocenters. The van der Waals surface area contributed by atoms with Crippen molar-refractivity contribution in [2.24, 2.45) is 0 Å².